The quantitative estimate of drug-likeness (QED) is 0.623. The number of carbonyl (C=O) groups excluding carboxylic acids is 1. The van der Waals surface area contributed by atoms with Gasteiger partial charge in [0, 0.05) is 69.2 Å². The van der Waals surface area contributed by atoms with Crippen molar-refractivity contribution >= 4 is 29.2 Å². The lowest BCUT2D eigenvalue weighted by Crippen LogP contribution is -2.44. The number of hydrogen-bond acceptors (Lipinski definition) is 9. The van der Waals surface area contributed by atoms with Gasteiger partial charge in [0.25, 0.3) is 0 Å². The zero-order valence-electron chi connectivity index (χ0n) is 21.6. The summed E-state index contributed by atoms with van der Waals surface area (Å²) < 4.78 is 5.52. The van der Waals surface area contributed by atoms with Crippen LogP contribution in [0.1, 0.15) is 32.8 Å². The highest BCUT2D eigenvalue weighted by Gasteiger charge is 2.31. The van der Waals surface area contributed by atoms with E-state index in [1.54, 1.807) is 11.2 Å². The van der Waals surface area contributed by atoms with Crippen LogP contribution in [-0.2, 0) is 11.2 Å². The zero-order chi connectivity index (χ0) is 25.3. The number of anilines is 4. The van der Waals surface area contributed by atoms with Crippen LogP contribution >= 0.6 is 0 Å². The molecular formula is C26H36N8O2. The van der Waals surface area contributed by atoms with Crippen LogP contribution in [0.2, 0.25) is 0 Å². The van der Waals surface area contributed by atoms with E-state index in [2.05, 4.69) is 54.6 Å². The van der Waals surface area contributed by atoms with E-state index in [1.807, 2.05) is 33.0 Å². The van der Waals surface area contributed by atoms with Gasteiger partial charge in [0.05, 0.1) is 6.04 Å². The van der Waals surface area contributed by atoms with E-state index in [1.165, 1.54) is 5.57 Å². The van der Waals surface area contributed by atoms with Gasteiger partial charge in [-0.05, 0) is 45.9 Å². The summed E-state index contributed by atoms with van der Waals surface area (Å²) in [5.74, 6) is 2.66. The van der Waals surface area contributed by atoms with Crippen LogP contribution in [0.15, 0.2) is 36.3 Å². The summed E-state index contributed by atoms with van der Waals surface area (Å²) in [7, 11) is 2.15. The van der Waals surface area contributed by atoms with E-state index < -0.39 is 5.60 Å². The highest BCUT2D eigenvalue weighted by atomic mass is 16.6. The molecule has 36 heavy (non-hydrogen) atoms. The maximum Gasteiger partial charge on any atom is 0.410 e. The smallest absolute Gasteiger partial charge is 0.410 e. The van der Waals surface area contributed by atoms with E-state index in [-0.39, 0.29) is 12.1 Å². The molecule has 1 saturated heterocycles. The first-order valence-electron chi connectivity index (χ1n) is 12.7. The Hall–Kier alpha value is -3.40. The van der Waals surface area contributed by atoms with E-state index >= 15 is 0 Å². The Balaban J connectivity index is 1.24. The van der Waals surface area contributed by atoms with Gasteiger partial charge in [-0.15, -0.1) is 0 Å². The average molecular weight is 493 g/mol. The van der Waals surface area contributed by atoms with Crippen molar-refractivity contribution in [1.82, 2.24) is 24.8 Å². The van der Waals surface area contributed by atoms with Gasteiger partial charge in [-0.1, -0.05) is 6.08 Å². The first-order chi connectivity index (χ1) is 17.2. The van der Waals surface area contributed by atoms with E-state index in [4.69, 9.17) is 4.74 Å². The molecule has 2 aromatic rings. The number of amides is 1. The van der Waals surface area contributed by atoms with Crippen molar-refractivity contribution in [3.05, 3.63) is 41.9 Å². The van der Waals surface area contributed by atoms with Crippen molar-refractivity contribution in [3.63, 3.8) is 0 Å². The van der Waals surface area contributed by atoms with Crippen LogP contribution in [0.3, 0.4) is 0 Å². The summed E-state index contributed by atoms with van der Waals surface area (Å²) in [4.78, 5) is 32.4. The number of rotatable bonds is 4. The summed E-state index contributed by atoms with van der Waals surface area (Å²) in [5, 5.41) is 7.06. The largest absolute Gasteiger partial charge is 0.444 e. The molecule has 0 aliphatic carbocycles. The van der Waals surface area contributed by atoms with Crippen molar-refractivity contribution in [3.8, 4) is 0 Å². The molecule has 1 atom stereocenters. The number of fused-ring (bicyclic) bond motifs is 1. The topological polar surface area (TPSA) is 98.8 Å². The van der Waals surface area contributed by atoms with Crippen LogP contribution in [0.5, 0.6) is 0 Å². The molecule has 2 N–H and O–H groups in total. The molecule has 192 valence electrons. The van der Waals surface area contributed by atoms with Gasteiger partial charge >= 0.3 is 6.09 Å². The molecule has 0 saturated carbocycles. The van der Waals surface area contributed by atoms with Crippen LogP contribution in [0.4, 0.5) is 27.9 Å². The fourth-order valence-electron chi connectivity index (χ4n) is 4.82. The summed E-state index contributed by atoms with van der Waals surface area (Å²) >= 11 is 0. The molecule has 0 aromatic carbocycles. The number of ether oxygens (including phenoxy) is 1. The molecule has 1 amide bonds. The van der Waals surface area contributed by atoms with Crippen molar-refractivity contribution in [2.24, 2.45) is 0 Å². The molecule has 0 radical (unpaired) electrons. The van der Waals surface area contributed by atoms with Gasteiger partial charge in [0.1, 0.15) is 29.4 Å². The SMILES string of the molecule is CN1CCN(c2cc(Nc3ncnc4c3CC(C3=CCN(C(=O)OC(C)(C)C)CC3)N4)ccn2)CC1. The summed E-state index contributed by atoms with van der Waals surface area (Å²) in [6, 6.07) is 4.22. The summed E-state index contributed by atoms with van der Waals surface area (Å²) in [6.45, 7) is 10.9. The number of hydrogen-bond donors (Lipinski definition) is 2. The van der Waals surface area contributed by atoms with Gasteiger partial charge in [0.2, 0.25) is 0 Å². The van der Waals surface area contributed by atoms with Crippen molar-refractivity contribution in [2.45, 2.75) is 45.3 Å². The van der Waals surface area contributed by atoms with Crippen molar-refractivity contribution < 1.29 is 9.53 Å². The van der Waals surface area contributed by atoms with Crippen molar-refractivity contribution in [2.75, 3.05) is 61.8 Å². The minimum absolute atomic E-state index is 0.149. The molecule has 3 aliphatic rings. The third-order valence-electron chi connectivity index (χ3n) is 6.84. The molecule has 10 nitrogen and oxygen atoms in total. The minimum atomic E-state index is -0.488. The Morgan fingerprint density at radius 3 is 2.67 bits per heavy atom. The maximum atomic E-state index is 12.4. The highest BCUT2D eigenvalue weighted by Crippen LogP contribution is 2.34. The van der Waals surface area contributed by atoms with Crippen molar-refractivity contribution in [1.29, 1.82) is 0 Å². The number of nitrogens with one attached hydrogen (secondary N) is 2. The Morgan fingerprint density at radius 2 is 1.94 bits per heavy atom. The van der Waals surface area contributed by atoms with Gasteiger partial charge < -0.3 is 30.1 Å². The molecule has 2 aromatic heterocycles. The Bertz CT molecular complexity index is 1140. The first-order valence-corrected chi connectivity index (χ1v) is 12.7. The molecule has 1 fully saturated rings. The van der Waals surface area contributed by atoms with Gasteiger partial charge in [-0.25, -0.2) is 19.7 Å². The average Bonchev–Trinajstić information content (AvgIpc) is 3.29. The Labute approximate surface area is 212 Å². The van der Waals surface area contributed by atoms with Gasteiger partial charge in [-0.2, -0.15) is 0 Å². The van der Waals surface area contributed by atoms with Crippen LogP contribution < -0.4 is 15.5 Å². The maximum absolute atomic E-state index is 12.4. The molecule has 5 rings (SSSR count). The second kappa shape index (κ2) is 9.93. The fourth-order valence-corrected chi connectivity index (χ4v) is 4.82. The molecule has 10 heteroatoms. The van der Waals surface area contributed by atoms with E-state index in [0.29, 0.717) is 13.1 Å². The third-order valence-corrected chi connectivity index (χ3v) is 6.84. The van der Waals surface area contributed by atoms with Crippen LogP contribution in [-0.4, -0.2) is 88.8 Å². The number of nitrogens with zero attached hydrogens (tertiary/aromatic N) is 6. The van der Waals surface area contributed by atoms with Gasteiger partial charge in [-0.3, -0.25) is 0 Å². The number of aromatic nitrogens is 3. The summed E-state index contributed by atoms with van der Waals surface area (Å²) in [6.07, 6.45) is 6.93. The predicted octanol–water partition coefficient (Wildman–Crippen LogP) is 3.27. The van der Waals surface area contributed by atoms with Crippen LogP contribution in [0.25, 0.3) is 0 Å². The lowest BCUT2D eigenvalue weighted by atomic mass is 9.97. The van der Waals surface area contributed by atoms with Crippen LogP contribution in [0, 0.1) is 0 Å². The minimum Gasteiger partial charge on any atom is -0.444 e. The molecular weight excluding hydrogens is 456 g/mol. The first kappa shape index (κ1) is 24.3. The Morgan fingerprint density at radius 1 is 1.14 bits per heavy atom. The monoisotopic (exact) mass is 492 g/mol. The molecule has 0 bridgehead atoms. The second-order valence-electron chi connectivity index (χ2n) is 10.7. The molecule has 0 spiro atoms. The summed E-state index contributed by atoms with van der Waals surface area (Å²) in [5.41, 5.74) is 2.85. The number of pyridine rings is 1. The lowest BCUT2D eigenvalue weighted by molar-refractivity contribution is 0.0265. The molecule has 1 unspecified atom stereocenters. The standard InChI is InChI=1S/C26H36N8O2/c1-26(2,3)36-25(35)34-9-6-18(7-10-34)21-16-20-23(28-17-29-24(20)31-21)30-19-5-8-27-22(15-19)33-13-11-32(4)12-14-33/h5-6,8,15,17,21H,7,9-14,16H2,1-4H3,(H2,27,28,29,30,31). The van der Waals surface area contributed by atoms with E-state index in [0.717, 1.165) is 67.7 Å². The zero-order valence-corrected chi connectivity index (χ0v) is 21.6. The lowest BCUT2D eigenvalue weighted by Gasteiger charge is -2.33. The predicted molar refractivity (Wildman–Crippen MR) is 141 cm³/mol. The normalized spacial score (nSPS) is 20.4. The Kier molecular flexibility index (Phi) is 6.70. The fraction of sp³-hybridized carbons (Fsp3) is 0.538. The number of piperazine rings is 1. The number of carbonyl (C=O) groups is 1. The number of likely N-dealkylation sites (N-methyl/N-ethyl adjacent to an activating group) is 1. The van der Waals surface area contributed by atoms with Gasteiger partial charge in [0.15, 0.2) is 0 Å². The third kappa shape index (κ3) is 5.53. The van der Waals surface area contributed by atoms with E-state index in [9.17, 15) is 4.79 Å². The molecule has 3 aliphatic heterocycles. The molecule has 5 heterocycles. The second-order valence-corrected chi connectivity index (χ2v) is 10.7. The highest BCUT2D eigenvalue weighted by molar-refractivity contribution is 5.70.